The zero-order valence-electron chi connectivity index (χ0n) is 8.30. The van der Waals surface area contributed by atoms with Crippen molar-refractivity contribution in [2.24, 2.45) is 0 Å². The molecule has 0 unspecified atom stereocenters. The molecule has 0 aliphatic heterocycles. The van der Waals surface area contributed by atoms with Gasteiger partial charge >= 0.3 is 0 Å². The molecule has 0 bridgehead atoms. The first-order valence-electron chi connectivity index (χ1n) is 4.69. The van der Waals surface area contributed by atoms with Crippen LogP contribution in [0.15, 0.2) is 42.5 Å². The number of hydrogen-bond donors (Lipinski definition) is 0. The van der Waals surface area contributed by atoms with Crippen molar-refractivity contribution < 1.29 is 4.39 Å². The SMILES string of the molecule is Cc1ccc(I)cc1-c1ccccc1F. The predicted octanol–water partition coefficient (Wildman–Crippen LogP) is 4.41. The van der Waals surface area contributed by atoms with E-state index in [4.69, 9.17) is 0 Å². The van der Waals surface area contributed by atoms with Crippen LogP contribution in [0.4, 0.5) is 4.39 Å². The van der Waals surface area contributed by atoms with Crippen molar-refractivity contribution in [1.82, 2.24) is 0 Å². The van der Waals surface area contributed by atoms with Crippen LogP contribution in [0.25, 0.3) is 11.1 Å². The molecule has 0 saturated carbocycles. The van der Waals surface area contributed by atoms with Gasteiger partial charge in [0.05, 0.1) is 0 Å². The maximum atomic E-state index is 13.6. The lowest BCUT2D eigenvalue weighted by atomic mass is 10.0. The van der Waals surface area contributed by atoms with Crippen molar-refractivity contribution >= 4 is 22.6 Å². The van der Waals surface area contributed by atoms with Gasteiger partial charge in [0.25, 0.3) is 0 Å². The van der Waals surface area contributed by atoms with Crippen LogP contribution >= 0.6 is 22.6 Å². The van der Waals surface area contributed by atoms with E-state index in [1.54, 1.807) is 6.07 Å². The van der Waals surface area contributed by atoms with Gasteiger partial charge in [0.15, 0.2) is 0 Å². The maximum absolute atomic E-state index is 13.6. The lowest BCUT2D eigenvalue weighted by Crippen LogP contribution is -1.88. The van der Waals surface area contributed by atoms with E-state index in [9.17, 15) is 4.39 Å². The molecule has 15 heavy (non-hydrogen) atoms. The van der Waals surface area contributed by atoms with Crippen molar-refractivity contribution in [3.8, 4) is 11.1 Å². The molecule has 0 aliphatic carbocycles. The summed E-state index contributed by atoms with van der Waals surface area (Å²) < 4.78 is 14.7. The Morgan fingerprint density at radius 1 is 1.00 bits per heavy atom. The Bertz CT molecular complexity index is 492. The third-order valence-corrected chi connectivity index (χ3v) is 3.03. The first-order valence-corrected chi connectivity index (χ1v) is 5.77. The molecule has 0 nitrogen and oxygen atoms in total. The molecule has 0 fully saturated rings. The molecule has 0 heterocycles. The zero-order chi connectivity index (χ0) is 10.8. The van der Waals surface area contributed by atoms with Crippen molar-refractivity contribution in [2.75, 3.05) is 0 Å². The fourth-order valence-electron chi connectivity index (χ4n) is 1.56. The van der Waals surface area contributed by atoms with Crippen molar-refractivity contribution in [3.63, 3.8) is 0 Å². The fraction of sp³-hybridized carbons (Fsp3) is 0.0769. The third kappa shape index (κ3) is 2.20. The normalized spacial score (nSPS) is 10.3. The highest BCUT2D eigenvalue weighted by molar-refractivity contribution is 14.1. The highest BCUT2D eigenvalue weighted by Gasteiger charge is 2.06. The second-order valence-electron chi connectivity index (χ2n) is 3.44. The van der Waals surface area contributed by atoms with Gasteiger partial charge in [0.2, 0.25) is 0 Å². The first-order chi connectivity index (χ1) is 7.18. The summed E-state index contributed by atoms with van der Waals surface area (Å²) in [5, 5.41) is 0. The summed E-state index contributed by atoms with van der Waals surface area (Å²) in [6.07, 6.45) is 0. The molecular formula is C13H10FI. The summed E-state index contributed by atoms with van der Waals surface area (Å²) in [4.78, 5) is 0. The van der Waals surface area contributed by atoms with E-state index in [0.29, 0.717) is 5.56 Å². The highest BCUT2D eigenvalue weighted by Crippen LogP contribution is 2.27. The predicted molar refractivity (Wildman–Crippen MR) is 69.3 cm³/mol. The van der Waals surface area contributed by atoms with Crippen LogP contribution in [0.2, 0.25) is 0 Å². The van der Waals surface area contributed by atoms with E-state index in [1.807, 2.05) is 37.3 Å². The minimum absolute atomic E-state index is 0.164. The Labute approximate surface area is 102 Å². The number of benzene rings is 2. The van der Waals surface area contributed by atoms with Gasteiger partial charge in [-0.25, -0.2) is 4.39 Å². The molecule has 0 spiro atoms. The molecule has 2 aromatic carbocycles. The molecular weight excluding hydrogens is 302 g/mol. The van der Waals surface area contributed by atoms with Crippen LogP contribution in [0.1, 0.15) is 5.56 Å². The topological polar surface area (TPSA) is 0 Å². The molecule has 0 radical (unpaired) electrons. The van der Waals surface area contributed by atoms with Crippen LogP contribution < -0.4 is 0 Å². The van der Waals surface area contributed by atoms with Gasteiger partial charge in [-0.15, -0.1) is 0 Å². The summed E-state index contributed by atoms with van der Waals surface area (Å²) >= 11 is 2.24. The van der Waals surface area contributed by atoms with Gasteiger partial charge < -0.3 is 0 Å². The average molecular weight is 312 g/mol. The molecule has 0 N–H and O–H groups in total. The van der Waals surface area contributed by atoms with E-state index < -0.39 is 0 Å². The van der Waals surface area contributed by atoms with E-state index in [0.717, 1.165) is 14.7 Å². The first kappa shape index (κ1) is 10.6. The Hall–Kier alpha value is -0.900. The Morgan fingerprint density at radius 2 is 1.73 bits per heavy atom. The van der Waals surface area contributed by atoms with Crippen LogP contribution in [-0.2, 0) is 0 Å². The van der Waals surface area contributed by atoms with E-state index >= 15 is 0 Å². The largest absolute Gasteiger partial charge is 0.206 e. The van der Waals surface area contributed by atoms with Crippen molar-refractivity contribution in [3.05, 3.63) is 57.4 Å². The lowest BCUT2D eigenvalue weighted by Gasteiger charge is -2.07. The van der Waals surface area contributed by atoms with Gasteiger partial charge in [-0.3, -0.25) is 0 Å². The highest BCUT2D eigenvalue weighted by atomic mass is 127. The zero-order valence-corrected chi connectivity index (χ0v) is 10.5. The van der Waals surface area contributed by atoms with E-state index in [2.05, 4.69) is 22.6 Å². The summed E-state index contributed by atoms with van der Waals surface area (Å²) in [7, 11) is 0. The molecule has 2 aromatic rings. The molecule has 2 rings (SSSR count). The number of hydrogen-bond acceptors (Lipinski definition) is 0. The summed E-state index contributed by atoms with van der Waals surface area (Å²) in [5.41, 5.74) is 2.74. The van der Waals surface area contributed by atoms with Crippen molar-refractivity contribution in [2.45, 2.75) is 6.92 Å². The smallest absolute Gasteiger partial charge is 0.131 e. The third-order valence-electron chi connectivity index (χ3n) is 2.36. The van der Waals surface area contributed by atoms with Crippen LogP contribution in [0, 0.1) is 16.3 Å². The minimum Gasteiger partial charge on any atom is -0.206 e. The summed E-state index contributed by atoms with van der Waals surface area (Å²) in [6.45, 7) is 2.00. The fourth-order valence-corrected chi connectivity index (χ4v) is 2.06. The maximum Gasteiger partial charge on any atom is 0.131 e. The molecule has 0 amide bonds. The molecule has 0 saturated heterocycles. The van der Waals surface area contributed by atoms with Gasteiger partial charge in [0, 0.05) is 9.13 Å². The Morgan fingerprint density at radius 3 is 2.47 bits per heavy atom. The second-order valence-corrected chi connectivity index (χ2v) is 4.68. The molecule has 76 valence electrons. The summed E-state index contributed by atoms with van der Waals surface area (Å²) in [5.74, 6) is -0.164. The van der Waals surface area contributed by atoms with Crippen LogP contribution in [-0.4, -0.2) is 0 Å². The van der Waals surface area contributed by atoms with Crippen LogP contribution in [0.3, 0.4) is 0 Å². The van der Waals surface area contributed by atoms with Gasteiger partial charge in [-0.2, -0.15) is 0 Å². The lowest BCUT2D eigenvalue weighted by molar-refractivity contribution is 0.631. The minimum atomic E-state index is -0.164. The average Bonchev–Trinajstić information content (AvgIpc) is 2.23. The molecule has 0 aromatic heterocycles. The second kappa shape index (κ2) is 4.31. The monoisotopic (exact) mass is 312 g/mol. The number of rotatable bonds is 1. The molecule has 0 atom stereocenters. The van der Waals surface area contributed by atoms with E-state index in [-0.39, 0.29) is 5.82 Å². The number of aryl methyl sites for hydroxylation is 1. The standard InChI is InChI=1S/C13H10FI/c1-9-6-7-10(15)8-12(9)11-4-2-3-5-13(11)14/h2-8H,1H3. The molecule has 2 heteroatoms. The van der Waals surface area contributed by atoms with Crippen LogP contribution in [0.5, 0.6) is 0 Å². The van der Waals surface area contributed by atoms with Crippen molar-refractivity contribution in [1.29, 1.82) is 0 Å². The van der Waals surface area contributed by atoms with Gasteiger partial charge in [0.1, 0.15) is 5.82 Å². The molecule has 0 aliphatic rings. The quantitative estimate of drug-likeness (QED) is 0.685. The van der Waals surface area contributed by atoms with Gasteiger partial charge in [-0.1, -0.05) is 24.3 Å². The van der Waals surface area contributed by atoms with Gasteiger partial charge in [-0.05, 0) is 58.8 Å². The number of halogens is 2. The summed E-state index contributed by atoms with van der Waals surface area (Å²) in [6, 6.07) is 12.9. The Kier molecular flexibility index (Phi) is 3.05. The Balaban J connectivity index is 2.64. The van der Waals surface area contributed by atoms with E-state index in [1.165, 1.54) is 6.07 Å².